The van der Waals surface area contributed by atoms with Crippen molar-refractivity contribution in [2.24, 2.45) is 0 Å². The lowest BCUT2D eigenvalue weighted by atomic mass is 10.4. The molecule has 16 heavy (non-hydrogen) atoms. The molecular formula is C10H7BrN4S. The number of rotatable bonds is 1. The van der Waals surface area contributed by atoms with Crippen LogP contribution >= 0.6 is 27.3 Å². The van der Waals surface area contributed by atoms with Crippen LogP contribution in [-0.2, 0) is 0 Å². The van der Waals surface area contributed by atoms with Crippen molar-refractivity contribution in [1.82, 2.24) is 14.6 Å². The summed E-state index contributed by atoms with van der Waals surface area (Å²) >= 11 is 5.05. The Hall–Kier alpha value is -1.40. The van der Waals surface area contributed by atoms with Gasteiger partial charge in [0.05, 0.1) is 14.4 Å². The predicted octanol–water partition coefficient (Wildman–Crippen LogP) is 2.80. The number of fused-ring (bicyclic) bond motifs is 1. The Bertz CT molecular complexity index is 658. The third-order valence-corrected chi connectivity index (χ3v) is 3.88. The van der Waals surface area contributed by atoms with Crippen LogP contribution in [0.5, 0.6) is 0 Å². The Kier molecular flexibility index (Phi) is 2.19. The fraction of sp³-hybridized carbons (Fsp3) is 0. The fourth-order valence-electron chi connectivity index (χ4n) is 1.54. The molecule has 0 unspecified atom stereocenters. The zero-order valence-electron chi connectivity index (χ0n) is 8.09. The first kappa shape index (κ1) is 9.80. The van der Waals surface area contributed by atoms with Gasteiger partial charge in [0.2, 0.25) is 0 Å². The summed E-state index contributed by atoms with van der Waals surface area (Å²) in [7, 11) is 0. The monoisotopic (exact) mass is 294 g/mol. The van der Waals surface area contributed by atoms with E-state index in [4.69, 9.17) is 5.73 Å². The molecule has 0 spiro atoms. The lowest BCUT2D eigenvalue weighted by molar-refractivity contribution is 1.12. The highest BCUT2D eigenvalue weighted by atomic mass is 79.9. The van der Waals surface area contributed by atoms with E-state index in [9.17, 15) is 0 Å². The van der Waals surface area contributed by atoms with Gasteiger partial charge in [-0.1, -0.05) is 0 Å². The van der Waals surface area contributed by atoms with Gasteiger partial charge >= 0.3 is 0 Å². The molecule has 6 heteroatoms. The quantitative estimate of drug-likeness (QED) is 0.751. The molecule has 0 aliphatic rings. The second-order valence-electron chi connectivity index (χ2n) is 3.28. The fourth-order valence-corrected chi connectivity index (χ4v) is 2.91. The summed E-state index contributed by atoms with van der Waals surface area (Å²) in [6.45, 7) is 0. The Balaban J connectivity index is 2.29. The summed E-state index contributed by atoms with van der Waals surface area (Å²) in [6, 6.07) is 7.71. The van der Waals surface area contributed by atoms with E-state index in [0.29, 0.717) is 11.3 Å². The van der Waals surface area contributed by atoms with Crippen molar-refractivity contribution < 1.29 is 0 Å². The van der Waals surface area contributed by atoms with Crippen LogP contribution in [-0.4, -0.2) is 14.6 Å². The molecule has 3 heterocycles. The molecule has 0 aliphatic carbocycles. The van der Waals surface area contributed by atoms with Gasteiger partial charge in [0, 0.05) is 6.20 Å². The van der Waals surface area contributed by atoms with Gasteiger partial charge in [-0.05, 0) is 40.2 Å². The average molecular weight is 295 g/mol. The molecule has 0 fully saturated rings. The molecule has 80 valence electrons. The van der Waals surface area contributed by atoms with Crippen LogP contribution in [0.3, 0.4) is 0 Å². The second kappa shape index (κ2) is 3.57. The zero-order chi connectivity index (χ0) is 11.1. The molecule has 2 N–H and O–H groups in total. The van der Waals surface area contributed by atoms with Gasteiger partial charge in [-0.25, -0.2) is 0 Å². The molecule has 4 nitrogen and oxygen atoms in total. The lowest BCUT2D eigenvalue weighted by Gasteiger charge is -1.97. The number of nitrogens with two attached hydrogens (primary N) is 1. The van der Waals surface area contributed by atoms with Gasteiger partial charge in [0.1, 0.15) is 0 Å². The van der Waals surface area contributed by atoms with Gasteiger partial charge in [-0.15, -0.1) is 21.5 Å². The summed E-state index contributed by atoms with van der Waals surface area (Å²) in [5.41, 5.74) is 7.16. The summed E-state index contributed by atoms with van der Waals surface area (Å²) in [5.74, 6) is 0.818. The first-order chi connectivity index (χ1) is 7.75. The van der Waals surface area contributed by atoms with E-state index >= 15 is 0 Å². The number of halogens is 1. The van der Waals surface area contributed by atoms with E-state index in [2.05, 4.69) is 26.1 Å². The van der Waals surface area contributed by atoms with E-state index in [0.717, 1.165) is 14.5 Å². The second-order valence-corrected chi connectivity index (χ2v) is 5.75. The van der Waals surface area contributed by atoms with Crippen LogP contribution in [0.2, 0.25) is 0 Å². The minimum Gasteiger partial charge on any atom is -0.396 e. The number of anilines is 1. The third kappa shape index (κ3) is 1.42. The Morgan fingerprint density at radius 1 is 1.25 bits per heavy atom. The normalized spacial score (nSPS) is 11.1. The molecule has 0 amide bonds. The Morgan fingerprint density at radius 3 is 2.88 bits per heavy atom. The van der Waals surface area contributed by atoms with Crippen LogP contribution < -0.4 is 5.73 Å². The summed E-state index contributed by atoms with van der Waals surface area (Å²) < 4.78 is 2.97. The van der Waals surface area contributed by atoms with Crippen molar-refractivity contribution in [2.45, 2.75) is 0 Å². The molecular weight excluding hydrogens is 288 g/mol. The van der Waals surface area contributed by atoms with Crippen LogP contribution in [0.1, 0.15) is 0 Å². The molecule has 0 radical (unpaired) electrons. The summed E-state index contributed by atoms with van der Waals surface area (Å²) in [6.07, 6.45) is 1.91. The number of hydrogen-bond donors (Lipinski definition) is 1. The Morgan fingerprint density at radius 2 is 2.12 bits per heavy atom. The molecule has 3 rings (SSSR count). The minimum atomic E-state index is 0.636. The predicted molar refractivity (Wildman–Crippen MR) is 68.4 cm³/mol. The molecule has 0 bridgehead atoms. The third-order valence-electron chi connectivity index (χ3n) is 2.26. The first-order valence-corrected chi connectivity index (χ1v) is 6.21. The maximum atomic E-state index is 5.82. The number of thiophene rings is 1. The highest BCUT2D eigenvalue weighted by molar-refractivity contribution is 9.11. The van der Waals surface area contributed by atoms with E-state index in [1.165, 1.54) is 0 Å². The molecule has 3 aromatic rings. The summed E-state index contributed by atoms with van der Waals surface area (Å²) in [5, 5.41) is 8.25. The van der Waals surface area contributed by atoms with E-state index in [1.54, 1.807) is 11.3 Å². The Labute approximate surface area is 104 Å². The molecule has 0 saturated carbocycles. The standard InChI is InChI=1S/C10H7BrN4S/c11-8-4-3-7(16-8)10-14-13-9-6(12)2-1-5-15(9)10/h1-5H,12H2. The number of aromatic nitrogens is 3. The SMILES string of the molecule is Nc1cccn2c(-c3ccc(Br)s3)nnc12. The lowest BCUT2D eigenvalue weighted by Crippen LogP contribution is -1.92. The van der Waals surface area contributed by atoms with Gasteiger partial charge in [0.15, 0.2) is 11.5 Å². The number of hydrogen-bond acceptors (Lipinski definition) is 4. The van der Waals surface area contributed by atoms with Crippen LogP contribution in [0.4, 0.5) is 5.69 Å². The van der Waals surface area contributed by atoms with E-state index < -0.39 is 0 Å². The minimum absolute atomic E-state index is 0.636. The van der Waals surface area contributed by atoms with Crippen LogP contribution in [0, 0.1) is 0 Å². The summed E-state index contributed by atoms with van der Waals surface area (Å²) in [4.78, 5) is 1.06. The van der Waals surface area contributed by atoms with Crippen molar-refractivity contribution >= 4 is 38.6 Å². The molecule has 0 atom stereocenters. The highest BCUT2D eigenvalue weighted by Gasteiger charge is 2.11. The number of pyridine rings is 1. The van der Waals surface area contributed by atoms with Crippen molar-refractivity contribution in [3.8, 4) is 10.7 Å². The highest BCUT2D eigenvalue weighted by Crippen LogP contribution is 2.30. The smallest absolute Gasteiger partial charge is 0.184 e. The number of nitrogens with zero attached hydrogens (tertiary/aromatic N) is 3. The van der Waals surface area contributed by atoms with Crippen molar-refractivity contribution in [1.29, 1.82) is 0 Å². The molecule has 0 aromatic carbocycles. The van der Waals surface area contributed by atoms with Crippen molar-refractivity contribution in [3.63, 3.8) is 0 Å². The first-order valence-electron chi connectivity index (χ1n) is 4.60. The van der Waals surface area contributed by atoms with Crippen LogP contribution in [0.15, 0.2) is 34.2 Å². The maximum Gasteiger partial charge on any atom is 0.184 e. The van der Waals surface area contributed by atoms with Gasteiger partial charge in [0.25, 0.3) is 0 Å². The van der Waals surface area contributed by atoms with Crippen molar-refractivity contribution in [3.05, 3.63) is 34.2 Å². The largest absolute Gasteiger partial charge is 0.396 e. The van der Waals surface area contributed by atoms with E-state index in [-0.39, 0.29) is 0 Å². The maximum absolute atomic E-state index is 5.82. The number of nitrogen functional groups attached to an aromatic ring is 1. The van der Waals surface area contributed by atoms with Gasteiger partial charge in [-0.2, -0.15) is 0 Å². The van der Waals surface area contributed by atoms with Gasteiger partial charge < -0.3 is 5.73 Å². The molecule has 0 aliphatic heterocycles. The zero-order valence-corrected chi connectivity index (χ0v) is 10.5. The van der Waals surface area contributed by atoms with Crippen molar-refractivity contribution in [2.75, 3.05) is 5.73 Å². The van der Waals surface area contributed by atoms with Gasteiger partial charge in [-0.3, -0.25) is 4.40 Å². The topological polar surface area (TPSA) is 56.2 Å². The van der Waals surface area contributed by atoms with Crippen LogP contribution in [0.25, 0.3) is 16.3 Å². The average Bonchev–Trinajstić information content (AvgIpc) is 2.84. The van der Waals surface area contributed by atoms with E-state index in [1.807, 2.05) is 34.9 Å². The molecule has 3 aromatic heterocycles. The molecule has 0 saturated heterocycles.